The number of hydrogen-bond acceptors (Lipinski definition) is 6. The van der Waals surface area contributed by atoms with Gasteiger partial charge in [0.1, 0.15) is 5.82 Å². The van der Waals surface area contributed by atoms with Crippen LogP contribution in [0.2, 0.25) is 0 Å². The Hall–Kier alpha value is -1.73. The Morgan fingerprint density at radius 1 is 1.07 bits per heavy atom. The molecule has 0 aliphatic carbocycles. The maximum absolute atomic E-state index is 13.2. The van der Waals surface area contributed by atoms with Gasteiger partial charge in [0.05, 0.1) is 0 Å². The summed E-state index contributed by atoms with van der Waals surface area (Å²) in [5.74, 6) is 1.18. The number of rotatable bonds is 3. The zero-order valence-corrected chi connectivity index (χ0v) is 17.6. The van der Waals surface area contributed by atoms with E-state index in [-0.39, 0.29) is 17.5 Å². The molecule has 1 amide bonds. The Balaban J connectivity index is 1.48. The molecule has 4 rings (SSSR count). The number of aryl methyl sites for hydroxylation is 1. The molecule has 0 saturated carbocycles. The van der Waals surface area contributed by atoms with E-state index in [0.29, 0.717) is 5.82 Å². The number of carbonyl (C=O) groups is 1. The first-order valence-electron chi connectivity index (χ1n) is 10.8. The Labute approximate surface area is 168 Å². The summed E-state index contributed by atoms with van der Waals surface area (Å²) < 4.78 is 0. The van der Waals surface area contributed by atoms with Gasteiger partial charge in [0.25, 0.3) is 5.91 Å². The quantitative estimate of drug-likeness (QED) is 0.852. The number of nitrogens with zero attached hydrogens (tertiary/aromatic N) is 5. The zero-order chi connectivity index (χ0) is 19.9. The van der Waals surface area contributed by atoms with Gasteiger partial charge in [0, 0.05) is 49.0 Å². The molecule has 3 saturated heterocycles. The highest BCUT2D eigenvalue weighted by molar-refractivity contribution is 5.91. The van der Waals surface area contributed by atoms with E-state index in [9.17, 15) is 4.79 Å². The molecule has 28 heavy (non-hydrogen) atoms. The molecule has 1 atom stereocenters. The van der Waals surface area contributed by atoms with E-state index in [4.69, 9.17) is 10.7 Å². The van der Waals surface area contributed by atoms with E-state index >= 15 is 0 Å². The lowest BCUT2D eigenvalue weighted by Crippen LogP contribution is -2.53. The number of anilines is 1. The van der Waals surface area contributed by atoms with Crippen molar-refractivity contribution in [2.45, 2.75) is 64.5 Å². The molecule has 7 heteroatoms. The van der Waals surface area contributed by atoms with Crippen LogP contribution in [0.25, 0.3) is 0 Å². The predicted octanol–water partition coefficient (Wildman–Crippen LogP) is 1.72. The van der Waals surface area contributed by atoms with E-state index in [2.05, 4.69) is 21.7 Å². The largest absolute Gasteiger partial charge is 0.355 e. The molecule has 1 aromatic heterocycles. The second kappa shape index (κ2) is 7.59. The van der Waals surface area contributed by atoms with Crippen LogP contribution in [0, 0.1) is 13.8 Å². The van der Waals surface area contributed by atoms with Crippen LogP contribution in [-0.2, 0) is 0 Å². The van der Waals surface area contributed by atoms with Gasteiger partial charge in [0.2, 0.25) is 5.82 Å². The second-order valence-corrected chi connectivity index (χ2v) is 9.06. The van der Waals surface area contributed by atoms with Crippen molar-refractivity contribution in [1.82, 2.24) is 19.8 Å². The lowest BCUT2D eigenvalue weighted by Gasteiger charge is -2.45. The molecule has 3 fully saturated rings. The number of piperidine rings is 1. The fourth-order valence-electron chi connectivity index (χ4n) is 4.90. The average molecular weight is 387 g/mol. The number of likely N-dealkylation sites (tertiary alicyclic amines) is 2. The predicted molar refractivity (Wildman–Crippen MR) is 111 cm³/mol. The third-order valence-corrected chi connectivity index (χ3v) is 7.08. The van der Waals surface area contributed by atoms with Crippen LogP contribution in [0.1, 0.15) is 60.9 Å². The van der Waals surface area contributed by atoms with E-state index in [0.717, 1.165) is 62.5 Å². The standard InChI is InChI=1S/C21H34N6O/c1-15-16(2)23-18(24-19(15)26-11-6-17(22)14-26)20(28)25-12-7-21(3,8-13-25)27-9-4-5-10-27/h17H,4-14,22H2,1-3H3/t17-/m1/s1. The summed E-state index contributed by atoms with van der Waals surface area (Å²) in [6.45, 7) is 12.0. The molecule has 3 aliphatic rings. The van der Waals surface area contributed by atoms with Crippen molar-refractivity contribution >= 4 is 11.7 Å². The molecular weight excluding hydrogens is 352 g/mol. The Morgan fingerprint density at radius 3 is 2.36 bits per heavy atom. The van der Waals surface area contributed by atoms with Crippen molar-refractivity contribution in [3.8, 4) is 0 Å². The normalized spacial score (nSPS) is 25.5. The van der Waals surface area contributed by atoms with Gasteiger partial charge in [-0.15, -0.1) is 0 Å². The van der Waals surface area contributed by atoms with Crippen LogP contribution in [0.5, 0.6) is 0 Å². The lowest BCUT2D eigenvalue weighted by atomic mass is 9.88. The van der Waals surface area contributed by atoms with Gasteiger partial charge in [-0.25, -0.2) is 9.97 Å². The molecule has 2 N–H and O–H groups in total. The van der Waals surface area contributed by atoms with Crippen LogP contribution < -0.4 is 10.6 Å². The molecule has 0 bridgehead atoms. The summed E-state index contributed by atoms with van der Waals surface area (Å²) in [6, 6.07) is 0.180. The van der Waals surface area contributed by atoms with Crippen molar-refractivity contribution in [1.29, 1.82) is 0 Å². The molecule has 154 valence electrons. The van der Waals surface area contributed by atoms with Crippen molar-refractivity contribution in [2.75, 3.05) is 44.2 Å². The smallest absolute Gasteiger partial charge is 0.291 e. The third kappa shape index (κ3) is 3.62. The number of nitrogens with two attached hydrogens (primary N) is 1. The number of aromatic nitrogens is 2. The number of hydrogen-bond donors (Lipinski definition) is 1. The maximum Gasteiger partial charge on any atom is 0.291 e. The first-order chi connectivity index (χ1) is 13.4. The molecule has 4 heterocycles. The van der Waals surface area contributed by atoms with Crippen molar-refractivity contribution in [3.05, 3.63) is 17.1 Å². The SMILES string of the molecule is Cc1nc(C(=O)N2CCC(C)(N3CCCC3)CC2)nc(N2CC[C@@H](N)C2)c1C. The number of carbonyl (C=O) groups excluding carboxylic acids is 1. The van der Waals surface area contributed by atoms with E-state index in [1.54, 1.807) is 0 Å². The fourth-order valence-corrected chi connectivity index (χ4v) is 4.90. The molecule has 0 spiro atoms. The van der Waals surface area contributed by atoms with Gasteiger partial charge >= 0.3 is 0 Å². The van der Waals surface area contributed by atoms with Gasteiger partial charge in [-0.1, -0.05) is 0 Å². The topological polar surface area (TPSA) is 78.6 Å². The average Bonchev–Trinajstić information content (AvgIpc) is 3.36. The fraction of sp³-hybridized carbons (Fsp3) is 0.762. The molecule has 0 unspecified atom stereocenters. The van der Waals surface area contributed by atoms with Crippen LogP contribution in [0.4, 0.5) is 5.82 Å². The molecule has 0 radical (unpaired) electrons. The highest BCUT2D eigenvalue weighted by Gasteiger charge is 2.38. The summed E-state index contributed by atoms with van der Waals surface area (Å²) in [7, 11) is 0. The van der Waals surface area contributed by atoms with Crippen molar-refractivity contribution in [3.63, 3.8) is 0 Å². The van der Waals surface area contributed by atoms with Crippen LogP contribution in [-0.4, -0.2) is 76.5 Å². The number of amides is 1. The van der Waals surface area contributed by atoms with E-state index in [1.807, 2.05) is 18.7 Å². The Bertz CT molecular complexity index is 737. The van der Waals surface area contributed by atoms with Crippen molar-refractivity contribution in [2.24, 2.45) is 5.73 Å². The zero-order valence-electron chi connectivity index (χ0n) is 17.6. The first-order valence-corrected chi connectivity index (χ1v) is 10.8. The summed E-state index contributed by atoms with van der Waals surface area (Å²) in [5.41, 5.74) is 8.24. The summed E-state index contributed by atoms with van der Waals surface area (Å²) in [6.07, 6.45) is 5.62. The van der Waals surface area contributed by atoms with Gasteiger partial charge in [-0.05, 0) is 66.0 Å². The molecule has 3 aliphatic heterocycles. The van der Waals surface area contributed by atoms with Gasteiger partial charge in [-0.2, -0.15) is 0 Å². The van der Waals surface area contributed by atoms with Crippen molar-refractivity contribution < 1.29 is 4.79 Å². The lowest BCUT2D eigenvalue weighted by molar-refractivity contribution is 0.0397. The molecule has 0 aromatic carbocycles. The summed E-state index contributed by atoms with van der Waals surface area (Å²) >= 11 is 0. The van der Waals surface area contributed by atoms with Crippen LogP contribution in [0.3, 0.4) is 0 Å². The Morgan fingerprint density at radius 2 is 1.75 bits per heavy atom. The molecular formula is C21H34N6O. The Kier molecular flexibility index (Phi) is 5.31. The maximum atomic E-state index is 13.2. The second-order valence-electron chi connectivity index (χ2n) is 9.06. The summed E-state index contributed by atoms with van der Waals surface area (Å²) in [4.78, 5) is 29.2. The monoisotopic (exact) mass is 386 g/mol. The summed E-state index contributed by atoms with van der Waals surface area (Å²) in [5, 5.41) is 0. The van der Waals surface area contributed by atoms with Gasteiger partial charge < -0.3 is 15.5 Å². The molecule has 7 nitrogen and oxygen atoms in total. The third-order valence-electron chi connectivity index (χ3n) is 7.08. The van der Waals surface area contributed by atoms with Crippen LogP contribution >= 0.6 is 0 Å². The highest BCUT2D eigenvalue weighted by atomic mass is 16.2. The minimum Gasteiger partial charge on any atom is -0.355 e. The van der Waals surface area contributed by atoms with Gasteiger partial charge in [-0.3, -0.25) is 9.69 Å². The first kappa shape index (κ1) is 19.6. The minimum absolute atomic E-state index is 0.0312. The van der Waals surface area contributed by atoms with Gasteiger partial charge in [0.15, 0.2) is 0 Å². The minimum atomic E-state index is -0.0312. The van der Waals surface area contributed by atoms with Crippen LogP contribution in [0.15, 0.2) is 0 Å². The highest BCUT2D eigenvalue weighted by Crippen LogP contribution is 2.32. The van der Waals surface area contributed by atoms with E-state index in [1.165, 1.54) is 25.9 Å². The molecule has 1 aromatic rings. The van der Waals surface area contributed by atoms with E-state index < -0.39 is 0 Å².